The van der Waals surface area contributed by atoms with Gasteiger partial charge in [0.2, 0.25) is 5.91 Å². The summed E-state index contributed by atoms with van der Waals surface area (Å²) in [6.07, 6.45) is 1.66. The molecule has 1 amide bonds. The largest absolute Gasteiger partial charge is 0.467 e. The van der Waals surface area contributed by atoms with Crippen molar-refractivity contribution in [3.63, 3.8) is 0 Å². The highest BCUT2D eigenvalue weighted by molar-refractivity contribution is 5.90. The summed E-state index contributed by atoms with van der Waals surface area (Å²) < 4.78 is 4.59. The molecule has 0 aromatic rings. The molecule has 2 fully saturated rings. The molecule has 0 saturated carbocycles. The van der Waals surface area contributed by atoms with Gasteiger partial charge in [-0.15, -0.1) is 0 Å². The molecule has 0 aliphatic carbocycles. The van der Waals surface area contributed by atoms with E-state index in [4.69, 9.17) is 0 Å². The molecule has 13 heavy (non-hydrogen) atoms. The van der Waals surface area contributed by atoms with Crippen molar-refractivity contribution in [2.24, 2.45) is 0 Å². The predicted octanol–water partition coefficient (Wildman–Crippen LogP) is -1.22. The van der Waals surface area contributed by atoms with E-state index < -0.39 is 6.04 Å². The number of piperazine rings is 1. The van der Waals surface area contributed by atoms with E-state index in [1.165, 1.54) is 7.11 Å². The zero-order valence-corrected chi connectivity index (χ0v) is 7.37. The van der Waals surface area contributed by atoms with Crippen LogP contribution in [0, 0.1) is 0 Å². The smallest absolute Gasteiger partial charge is 0.330 e. The molecular formula is C8H12N2O3. The Labute approximate surface area is 75.8 Å². The van der Waals surface area contributed by atoms with Crippen LogP contribution in [-0.2, 0) is 14.3 Å². The van der Waals surface area contributed by atoms with Crippen LogP contribution in [0.4, 0.5) is 0 Å². The van der Waals surface area contributed by atoms with Crippen LogP contribution in [0.3, 0.4) is 0 Å². The Morgan fingerprint density at radius 1 is 1.54 bits per heavy atom. The molecule has 2 aliphatic heterocycles. The minimum absolute atomic E-state index is 0.0511. The molecule has 0 aromatic heterocycles. The van der Waals surface area contributed by atoms with Gasteiger partial charge in [0.25, 0.3) is 0 Å². The first-order valence-electron chi connectivity index (χ1n) is 4.36. The highest BCUT2D eigenvalue weighted by Crippen LogP contribution is 2.20. The number of hydrogen-bond acceptors (Lipinski definition) is 4. The Hall–Kier alpha value is -1.10. The zero-order chi connectivity index (χ0) is 9.42. The third-order valence-electron chi connectivity index (χ3n) is 2.65. The van der Waals surface area contributed by atoms with E-state index in [1.54, 1.807) is 0 Å². The maximum Gasteiger partial charge on any atom is 0.330 e. The second-order valence-electron chi connectivity index (χ2n) is 3.41. The van der Waals surface area contributed by atoms with Crippen molar-refractivity contribution in [2.75, 3.05) is 7.11 Å². The van der Waals surface area contributed by atoms with Crippen LogP contribution >= 0.6 is 0 Å². The number of hydrogen-bond donors (Lipinski definition) is 2. The number of carbonyl (C=O) groups is 2. The lowest BCUT2D eigenvalue weighted by molar-refractivity contribution is -0.147. The topological polar surface area (TPSA) is 67.4 Å². The minimum atomic E-state index is -0.503. The Morgan fingerprint density at radius 2 is 2.31 bits per heavy atom. The van der Waals surface area contributed by atoms with Crippen molar-refractivity contribution in [3.8, 4) is 0 Å². The van der Waals surface area contributed by atoms with Crippen molar-refractivity contribution in [3.05, 3.63) is 0 Å². The van der Waals surface area contributed by atoms with Gasteiger partial charge in [-0.2, -0.15) is 0 Å². The molecule has 0 spiro atoms. The normalized spacial score (nSPS) is 37.0. The van der Waals surface area contributed by atoms with E-state index in [1.807, 2.05) is 0 Å². The predicted molar refractivity (Wildman–Crippen MR) is 43.9 cm³/mol. The first-order valence-corrected chi connectivity index (χ1v) is 4.36. The Kier molecular flexibility index (Phi) is 1.95. The molecule has 2 saturated heterocycles. The SMILES string of the molecule is COC(=O)[C@@H]1NC(=O)[C@@H]2CC[C@H]1N2. The van der Waals surface area contributed by atoms with Crippen molar-refractivity contribution in [1.29, 1.82) is 0 Å². The van der Waals surface area contributed by atoms with Crippen molar-refractivity contribution in [2.45, 2.75) is 31.0 Å². The van der Waals surface area contributed by atoms with Crippen LogP contribution in [0.2, 0.25) is 0 Å². The monoisotopic (exact) mass is 184 g/mol. The summed E-state index contributed by atoms with van der Waals surface area (Å²) in [6.45, 7) is 0. The van der Waals surface area contributed by atoms with Crippen molar-refractivity contribution < 1.29 is 14.3 Å². The summed E-state index contributed by atoms with van der Waals surface area (Å²) in [5, 5.41) is 5.75. The Balaban J connectivity index is 2.12. The molecule has 2 N–H and O–H groups in total. The molecule has 2 rings (SSSR count). The summed E-state index contributed by atoms with van der Waals surface area (Å²) in [6, 6.07) is -0.558. The highest BCUT2D eigenvalue weighted by Gasteiger charge is 2.43. The third kappa shape index (κ3) is 1.29. The number of methoxy groups -OCH3 is 1. The van der Waals surface area contributed by atoms with Gasteiger partial charge in [0.1, 0.15) is 6.04 Å². The van der Waals surface area contributed by atoms with Gasteiger partial charge >= 0.3 is 5.97 Å². The molecule has 3 atom stereocenters. The van der Waals surface area contributed by atoms with Crippen molar-refractivity contribution >= 4 is 11.9 Å². The second kappa shape index (κ2) is 2.99. The van der Waals surface area contributed by atoms with E-state index >= 15 is 0 Å². The van der Waals surface area contributed by atoms with Gasteiger partial charge in [-0.3, -0.25) is 4.79 Å². The molecule has 0 radical (unpaired) electrons. The van der Waals surface area contributed by atoms with Crippen LogP contribution in [0.1, 0.15) is 12.8 Å². The number of amides is 1. The van der Waals surface area contributed by atoms with E-state index in [0.717, 1.165) is 12.8 Å². The number of rotatable bonds is 1. The number of ether oxygens (including phenoxy) is 1. The summed E-state index contributed by atoms with van der Waals surface area (Å²) in [7, 11) is 1.33. The number of esters is 1. The average molecular weight is 184 g/mol. The van der Waals surface area contributed by atoms with E-state index in [9.17, 15) is 9.59 Å². The van der Waals surface area contributed by atoms with Crippen LogP contribution in [0.15, 0.2) is 0 Å². The molecule has 5 nitrogen and oxygen atoms in total. The maximum absolute atomic E-state index is 11.3. The fourth-order valence-corrected chi connectivity index (χ4v) is 1.95. The number of carbonyl (C=O) groups excluding carboxylic acids is 2. The van der Waals surface area contributed by atoms with Gasteiger partial charge in [-0.1, -0.05) is 0 Å². The summed E-state index contributed by atoms with van der Waals surface area (Å²) >= 11 is 0. The number of fused-ring (bicyclic) bond motifs is 2. The summed E-state index contributed by atoms with van der Waals surface area (Å²) in [4.78, 5) is 22.5. The molecule has 2 aliphatic rings. The lowest BCUT2D eigenvalue weighted by Crippen LogP contribution is -2.62. The molecule has 72 valence electrons. The van der Waals surface area contributed by atoms with E-state index in [0.29, 0.717) is 0 Å². The lowest BCUT2D eigenvalue weighted by atomic mass is 10.1. The molecule has 0 aromatic carbocycles. The molecule has 0 unspecified atom stereocenters. The second-order valence-corrected chi connectivity index (χ2v) is 3.41. The minimum Gasteiger partial charge on any atom is -0.467 e. The van der Waals surface area contributed by atoms with Crippen LogP contribution in [0.5, 0.6) is 0 Å². The molecule has 2 bridgehead atoms. The van der Waals surface area contributed by atoms with Crippen molar-refractivity contribution in [1.82, 2.24) is 10.6 Å². The van der Waals surface area contributed by atoms with E-state index in [-0.39, 0.29) is 24.0 Å². The number of nitrogens with one attached hydrogen (secondary N) is 2. The van der Waals surface area contributed by atoms with Gasteiger partial charge in [0, 0.05) is 6.04 Å². The third-order valence-corrected chi connectivity index (χ3v) is 2.65. The fraction of sp³-hybridized carbons (Fsp3) is 0.750. The zero-order valence-electron chi connectivity index (χ0n) is 7.37. The Morgan fingerprint density at radius 3 is 3.00 bits per heavy atom. The van der Waals surface area contributed by atoms with Crippen LogP contribution < -0.4 is 10.6 Å². The van der Waals surface area contributed by atoms with Gasteiger partial charge in [0.15, 0.2) is 0 Å². The maximum atomic E-state index is 11.3. The van der Waals surface area contributed by atoms with Gasteiger partial charge < -0.3 is 15.4 Å². The van der Waals surface area contributed by atoms with Gasteiger partial charge in [-0.25, -0.2) is 4.79 Å². The van der Waals surface area contributed by atoms with Crippen LogP contribution in [-0.4, -0.2) is 37.1 Å². The Bertz CT molecular complexity index is 254. The average Bonchev–Trinajstić information content (AvgIpc) is 2.56. The van der Waals surface area contributed by atoms with E-state index in [2.05, 4.69) is 15.4 Å². The standard InChI is InChI=1S/C8H12N2O3/c1-13-8(12)6-4-2-3-5(9-4)7(11)10-6/h4-6,9H,2-3H2,1H3,(H,10,11)/t4-,5+,6-/m1/s1. The lowest BCUT2D eigenvalue weighted by Gasteiger charge is -2.28. The van der Waals surface area contributed by atoms with Crippen LogP contribution in [0.25, 0.3) is 0 Å². The quantitative estimate of drug-likeness (QED) is 0.501. The molecular weight excluding hydrogens is 172 g/mol. The summed E-state index contributed by atoms with van der Waals surface area (Å²) in [5.41, 5.74) is 0. The first-order chi connectivity index (χ1) is 6.22. The van der Waals surface area contributed by atoms with Gasteiger partial charge in [-0.05, 0) is 12.8 Å². The first kappa shape index (κ1) is 8.50. The molecule has 2 heterocycles. The van der Waals surface area contributed by atoms with Gasteiger partial charge in [0.05, 0.1) is 13.2 Å². The highest BCUT2D eigenvalue weighted by atomic mass is 16.5. The summed E-state index contributed by atoms with van der Waals surface area (Å²) in [5.74, 6) is -0.463. The molecule has 5 heteroatoms. The fourth-order valence-electron chi connectivity index (χ4n) is 1.95.